The van der Waals surface area contributed by atoms with E-state index in [1.807, 2.05) is 18.2 Å². The van der Waals surface area contributed by atoms with Crippen molar-refractivity contribution in [1.82, 2.24) is 5.43 Å². The molecule has 2 aromatic carbocycles. The molecule has 0 heterocycles. The molecule has 0 fully saturated rings. The molecule has 0 aliphatic heterocycles. The maximum atomic E-state index is 11.7. The number of benzene rings is 2. The van der Waals surface area contributed by atoms with Crippen molar-refractivity contribution >= 4 is 12.1 Å². The smallest absolute Gasteiger partial charge is 0.277 e. The summed E-state index contributed by atoms with van der Waals surface area (Å²) >= 11 is 0. The van der Waals surface area contributed by atoms with E-state index in [0.29, 0.717) is 28.6 Å². The summed E-state index contributed by atoms with van der Waals surface area (Å²) in [6.07, 6.45) is 1.48. The Hall–Kier alpha value is -3.22. The van der Waals surface area contributed by atoms with Crippen LogP contribution in [-0.2, 0) is 4.79 Å². The van der Waals surface area contributed by atoms with Crippen LogP contribution in [0.4, 0.5) is 0 Å². The molecular weight excluding hydrogens is 324 g/mol. The van der Waals surface area contributed by atoms with Crippen LogP contribution in [-0.4, -0.2) is 40.1 Å². The van der Waals surface area contributed by atoms with Crippen LogP contribution in [0.3, 0.4) is 0 Å². The number of carbonyl (C=O) groups is 1. The van der Waals surface area contributed by atoms with E-state index in [0.717, 1.165) is 0 Å². The molecule has 2 aromatic rings. The van der Waals surface area contributed by atoms with E-state index in [2.05, 4.69) is 10.5 Å². The van der Waals surface area contributed by atoms with Gasteiger partial charge in [0.05, 0.1) is 27.5 Å². The lowest BCUT2D eigenvalue weighted by molar-refractivity contribution is -0.123. The quantitative estimate of drug-likeness (QED) is 0.587. The number of nitrogens with zero attached hydrogens (tertiary/aromatic N) is 1. The molecule has 1 N–H and O–H groups in total. The summed E-state index contributed by atoms with van der Waals surface area (Å²) in [6, 6.07) is 12.5. The van der Waals surface area contributed by atoms with E-state index in [1.54, 1.807) is 24.3 Å². The average molecular weight is 344 g/mol. The second-order valence-corrected chi connectivity index (χ2v) is 4.85. The molecule has 0 aromatic heterocycles. The van der Waals surface area contributed by atoms with E-state index in [9.17, 15) is 4.79 Å². The molecule has 0 radical (unpaired) electrons. The van der Waals surface area contributed by atoms with Crippen molar-refractivity contribution in [3.8, 4) is 23.0 Å². The van der Waals surface area contributed by atoms with Gasteiger partial charge in [-0.3, -0.25) is 4.79 Å². The zero-order valence-corrected chi connectivity index (χ0v) is 14.3. The predicted octanol–water partition coefficient (Wildman–Crippen LogP) is 2.24. The molecule has 0 aliphatic rings. The third kappa shape index (κ3) is 5.13. The van der Waals surface area contributed by atoms with Crippen LogP contribution >= 0.6 is 0 Å². The van der Waals surface area contributed by atoms with Gasteiger partial charge < -0.3 is 18.9 Å². The molecule has 7 nitrogen and oxygen atoms in total. The zero-order chi connectivity index (χ0) is 18.1. The van der Waals surface area contributed by atoms with Gasteiger partial charge in [-0.25, -0.2) is 5.43 Å². The summed E-state index contributed by atoms with van der Waals surface area (Å²) in [6.45, 7) is -0.128. The summed E-state index contributed by atoms with van der Waals surface area (Å²) in [7, 11) is 4.59. The van der Waals surface area contributed by atoms with Gasteiger partial charge in [0.2, 0.25) is 5.75 Å². The molecule has 1 amide bonds. The molecule has 2 rings (SSSR count). The fraction of sp³-hybridized carbons (Fsp3) is 0.222. The van der Waals surface area contributed by atoms with Crippen molar-refractivity contribution in [2.45, 2.75) is 0 Å². The average Bonchev–Trinajstić information content (AvgIpc) is 2.66. The van der Waals surface area contributed by atoms with E-state index in [4.69, 9.17) is 18.9 Å². The fourth-order valence-electron chi connectivity index (χ4n) is 2.05. The number of para-hydroxylation sites is 1. The summed E-state index contributed by atoms with van der Waals surface area (Å²) in [5.41, 5.74) is 3.08. The first-order valence-corrected chi connectivity index (χ1v) is 7.47. The Kier molecular flexibility index (Phi) is 6.65. The molecule has 0 bridgehead atoms. The maximum Gasteiger partial charge on any atom is 0.277 e. The van der Waals surface area contributed by atoms with Gasteiger partial charge in [0.25, 0.3) is 5.91 Å². The van der Waals surface area contributed by atoms with E-state index >= 15 is 0 Å². The monoisotopic (exact) mass is 344 g/mol. The molecule has 0 unspecified atom stereocenters. The minimum absolute atomic E-state index is 0.128. The van der Waals surface area contributed by atoms with Gasteiger partial charge in [-0.1, -0.05) is 18.2 Å². The number of hydrazone groups is 1. The Bertz CT molecular complexity index is 706. The number of rotatable bonds is 8. The number of nitrogens with one attached hydrogen (secondary N) is 1. The number of hydrogen-bond acceptors (Lipinski definition) is 6. The van der Waals surface area contributed by atoms with Crippen molar-refractivity contribution in [3.05, 3.63) is 48.0 Å². The summed E-state index contributed by atoms with van der Waals surface area (Å²) in [5, 5.41) is 3.90. The third-order valence-electron chi connectivity index (χ3n) is 3.20. The van der Waals surface area contributed by atoms with Crippen molar-refractivity contribution in [2.75, 3.05) is 27.9 Å². The predicted molar refractivity (Wildman–Crippen MR) is 93.8 cm³/mol. The van der Waals surface area contributed by atoms with Crippen molar-refractivity contribution in [2.24, 2.45) is 5.10 Å². The van der Waals surface area contributed by atoms with Crippen LogP contribution in [0.15, 0.2) is 47.6 Å². The molecule has 25 heavy (non-hydrogen) atoms. The summed E-state index contributed by atoms with van der Waals surface area (Å²) in [4.78, 5) is 11.7. The number of methoxy groups -OCH3 is 3. The molecule has 0 saturated carbocycles. The highest BCUT2D eigenvalue weighted by molar-refractivity contribution is 5.84. The first kappa shape index (κ1) is 18.1. The van der Waals surface area contributed by atoms with Crippen molar-refractivity contribution in [1.29, 1.82) is 0 Å². The highest BCUT2D eigenvalue weighted by atomic mass is 16.5. The lowest BCUT2D eigenvalue weighted by Gasteiger charge is -2.12. The van der Waals surface area contributed by atoms with Crippen LogP contribution in [0.25, 0.3) is 0 Å². The molecule has 0 atom stereocenters. The van der Waals surface area contributed by atoms with Gasteiger partial charge in [0.1, 0.15) is 5.75 Å². The van der Waals surface area contributed by atoms with Gasteiger partial charge in [0.15, 0.2) is 18.1 Å². The molecule has 0 aliphatic carbocycles. The second-order valence-electron chi connectivity index (χ2n) is 4.85. The van der Waals surface area contributed by atoms with E-state index in [1.165, 1.54) is 27.5 Å². The lowest BCUT2D eigenvalue weighted by atomic mass is 10.2. The normalized spacial score (nSPS) is 10.4. The summed E-state index contributed by atoms with van der Waals surface area (Å²) in [5.74, 6) is 1.74. The standard InChI is InChI=1S/C18H20N2O5/c1-22-15-9-13(10-16(23-2)18(15)24-3)11-19-20-17(21)12-25-14-7-5-4-6-8-14/h4-11H,12H2,1-3H3,(H,20,21)/b19-11+. The summed E-state index contributed by atoms with van der Waals surface area (Å²) < 4.78 is 21.1. The van der Waals surface area contributed by atoms with Gasteiger partial charge >= 0.3 is 0 Å². The van der Waals surface area contributed by atoms with Crippen LogP contribution in [0.2, 0.25) is 0 Å². The van der Waals surface area contributed by atoms with Gasteiger partial charge in [0, 0.05) is 5.56 Å². The van der Waals surface area contributed by atoms with E-state index < -0.39 is 0 Å². The van der Waals surface area contributed by atoms with Gasteiger partial charge in [-0.2, -0.15) is 5.10 Å². The van der Waals surface area contributed by atoms with Crippen molar-refractivity contribution < 1.29 is 23.7 Å². The first-order chi connectivity index (χ1) is 12.2. The molecule has 0 saturated heterocycles. The Morgan fingerprint density at radius 3 is 2.24 bits per heavy atom. The van der Waals surface area contributed by atoms with Crippen LogP contribution in [0, 0.1) is 0 Å². The number of amides is 1. The van der Waals surface area contributed by atoms with E-state index in [-0.39, 0.29) is 12.5 Å². The Balaban J connectivity index is 1.96. The number of carbonyl (C=O) groups excluding carboxylic acids is 1. The maximum absolute atomic E-state index is 11.7. The Labute approximate surface area is 146 Å². The Morgan fingerprint density at radius 2 is 1.68 bits per heavy atom. The molecule has 132 valence electrons. The van der Waals surface area contributed by atoms with Crippen LogP contribution in [0.5, 0.6) is 23.0 Å². The lowest BCUT2D eigenvalue weighted by Crippen LogP contribution is -2.24. The highest BCUT2D eigenvalue weighted by Crippen LogP contribution is 2.37. The largest absolute Gasteiger partial charge is 0.493 e. The zero-order valence-electron chi connectivity index (χ0n) is 14.3. The highest BCUT2D eigenvalue weighted by Gasteiger charge is 2.12. The minimum Gasteiger partial charge on any atom is -0.493 e. The van der Waals surface area contributed by atoms with Crippen molar-refractivity contribution in [3.63, 3.8) is 0 Å². The minimum atomic E-state index is -0.368. The SMILES string of the molecule is COc1cc(/C=N/NC(=O)COc2ccccc2)cc(OC)c1OC. The van der Waals surface area contributed by atoms with Gasteiger partial charge in [-0.15, -0.1) is 0 Å². The Morgan fingerprint density at radius 1 is 1.04 bits per heavy atom. The fourth-order valence-corrected chi connectivity index (χ4v) is 2.05. The second kappa shape index (κ2) is 9.17. The molecule has 7 heteroatoms. The number of ether oxygens (including phenoxy) is 4. The van der Waals surface area contributed by atoms with Crippen LogP contribution < -0.4 is 24.4 Å². The van der Waals surface area contributed by atoms with Gasteiger partial charge in [-0.05, 0) is 24.3 Å². The molecule has 0 spiro atoms. The topological polar surface area (TPSA) is 78.4 Å². The first-order valence-electron chi connectivity index (χ1n) is 7.47. The molecular formula is C18H20N2O5. The third-order valence-corrected chi connectivity index (χ3v) is 3.20. The number of hydrogen-bond donors (Lipinski definition) is 1. The van der Waals surface area contributed by atoms with Crippen LogP contribution in [0.1, 0.15) is 5.56 Å².